The molecule has 3 aromatic carbocycles. The van der Waals surface area contributed by atoms with E-state index in [4.69, 9.17) is 8.53 Å². The molecule has 1 aliphatic heterocycles. The molecule has 0 spiro atoms. The minimum atomic E-state index is -2.09. The van der Waals surface area contributed by atoms with E-state index in [1.165, 1.54) is 0 Å². The average molecular weight is 374 g/mol. The highest BCUT2D eigenvalue weighted by Gasteiger charge is 2.37. The van der Waals surface area contributed by atoms with Crippen molar-refractivity contribution < 1.29 is 8.53 Å². The quantitative estimate of drug-likeness (QED) is 0.380. The van der Waals surface area contributed by atoms with Crippen LogP contribution in [0.25, 0.3) is 21.9 Å². The molecule has 1 unspecified atom stereocenters. The van der Waals surface area contributed by atoms with Crippen molar-refractivity contribution in [3.8, 4) is 0 Å². The maximum atomic E-state index is 8.03. The van der Waals surface area contributed by atoms with Gasteiger partial charge in [-0.25, -0.2) is 0 Å². The number of rotatable bonds is 2. The second kappa shape index (κ2) is 6.03. The number of nitrogens with zero attached hydrogens (tertiary/aromatic N) is 2. The van der Waals surface area contributed by atoms with Crippen molar-refractivity contribution in [1.82, 2.24) is 0 Å². The highest BCUT2D eigenvalue weighted by molar-refractivity contribution is 6.11. The molecule has 0 saturated heterocycles. The maximum absolute atomic E-state index is 8.03. The minimum absolute atomic E-state index is 0.175. The fraction of sp³-hybridized carbons (Fsp3) is 0.280. The van der Waals surface area contributed by atoms with Gasteiger partial charge in [-0.1, -0.05) is 42.5 Å². The molecule has 28 heavy (non-hydrogen) atoms. The first-order valence-corrected chi connectivity index (χ1v) is 9.78. The summed E-state index contributed by atoms with van der Waals surface area (Å²) < 4.78 is 30.6. The van der Waals surface area contributed by atoms with Crippen LogP contribution in [0, 0.1) is 13.8 Å². The Hall–Kier alpha value is -2.94. The van der Waals surface area contributed by atoms with Crippen LogP contribution in [0.15, 0.2) is 59.0 Å². The van der Waals surface area contributed by atoms with E-state index in [-0.39, 0.29) is 6.17 Å². The van der Waals surface area contributed by atoms with E-state index in [0.29, 0.717) is 0 Å². The van der Waals surface area contributed by atoms with Crippen LogP contribution in [0.1, 0.15) is 35.9 Å². The van der Waals surface area contributed by atoms with Crippen molar-refractivity contribution in [3.05, 3.63) is 65.7 Å². The van der Waals surface area contributed by atoms with Gasteiger partial charge in [-0.2, -0.15) is 0 Å². The van der Waals surface area contributed by atoms with Gasteiger partial charge < -0.3 is 14.2 Å². The lowest BCUT2D eigenvalue weighted by Gasteiger charge is -2.33. The van der Waals surface area contributed by atoms with Crippen molar-refractivity contribution in [2.24, 2.45) is 0 Å². The number of anilines is 3. The first kappa shape index (κ1) is 14.1. The largest absolute Gasteiger partial charge is 0.454 e. The Kier molecular flexibility index (Phi) is 3.04. The fourth-order valence-corrected chi connectivity index (χ4v) is 4.64. The zero-order chi connectivity index (χ0) is 22.1. The first-order chi connectivity index (χ1) is 14.7. The predicted octanol–water partition coefficient (Wildman–Crippen LogP) is 6.92. The van der Waals surface area contributed by atoms with Gasteiger partial charge in [0.1, 0.15) is 11.7 Å². The summed E-state index contributed by atoms with van der Waals surface area (Å²) in [4.78, 5) is 4.24. The van der Waals surface area contributed by atoms with E-state index < -0.39 is 12.9 Å². The highest BCUT2D eigenvalue weighted by Crippen LogP contribution is 2.49. The van der Waals surface area contributed by atoms with Gasteiger partial charge >= 0.3 is 0 Å². The van der Waals surface area contributed by atoms with E-state index in [1.54, 1.807) is 6.92 Å². The van der Waals surface area contributed by atoms with Crippen LogP contribution in [-0.4, -0.2) is 12.2 Å². The minimum Gasteiger partial charge on any atom is -0.454 e. The standard InChI is InChI=1S/C25H26N2O/c1-15(2)26-18(5)27(22-12-7-6-11-21(22)26)23-16(3)13-14-20-19-10-8-9-17(4)24(19)28-25(20)23/h6-15,18H,1-5H3/t18-/m1/s1/i1D3/t15?,18-. The van der Waals surface area contributed by atoms with Crippen LogP contribution < -0.4 is 9.80 Å². The van der Waals surface area contributed by atoms with Crippen molar-refractivity contribution in [3.63, 3.8) is 0 Å². The molecular formula is C25H26N2O. The van der Waals surface area contributed by atoms with Crippen LogP contribution >= 0.6 is 0 Å². The van der Waals surface area contributed by atoms with Crippen molar-refractivity contribution >= 4 is 39.0 Å². The van der Waals surface area contributed by atoms with E-state index in [0.717, 1.165) is 50.1 Å². The zero-order valence-electron chi connectivity index (χ0n) is 19.7. The number of hydrogen-bond donors (Lipinski definition) is 0. The van der Waals surface area contributed by atoms with Gasteiger partial charge in [-0.05, 0) is 57.8 Å². The molecule has 0 bridgehead atoms. The normalized spacial score (nSPS) is 19.6. The number of hydrogen-bond acceptors (Lipinski definition) is 3. The lowest BCUT2D eigenvalue weighted by molar-refractivity contribution is 0.602. The number of benzene rings is 3. The molecular weight excluding hydrogens is 344 g/mol. The van der Waals surface area contributed by atoms with Gasteiger partial charge in [-0.3, -0.25) is 0 Å². The SMILES string of the molecule is [2H]C([2H])([2H])C(C)N1c2ccccc2N(c2c(C)ccc3c2oc2c(C)cccc23)[C@@H]1C. The molecule has 1 aromatic heterocycles. The van der Waals surface area contributed by atoms with Crippen molar-refractivity contribution in [2.45, 2.75) is 46.8 Å². The van der Waals surface area contributed by atoms with E-state index in [2.05, 4.69) is 62.1 Å². The van der Waals surface area contributed by atoms with Gasteiger partial charge in [0.15, 0.2) is 5.58 Å². The van der Waals surface area contributed by atoms with Crippen LogP contribution in [0.2, 0.25) is 0 Å². The molecule has 142 valence electrons. The Morgan fingerprint density at radius 2 is 1.64 bits per heavy atom. The number of furan rings is 1. The van der Waals surface area contributed by atoms with Gasteiger partial charge in [0.2, 0.25) is 0 Å². The average Bonchev–Trinajstić information content (AvgIpc) is 3.23. The third kappa shape index (κ3) is 2.22. The lowest BCUT2D eigenvalue weighted by atomic mass is 10.1. The van der Waals surface area contributed by atoms with E-state index >= 15 is 0 Å². The Morgan fingerprint density at radius 3 is 2.43 bits per heavy atom. The predicted molar refractivity (Wildman–Crippen MR) is 119 cm³/mol. The first-order valence-electron chi connectivity index (χ1n) is 11.3. The molecule has 2 atom stereocenters. The van der Waals surface area contributed by atoms with Gasteiger partial charge in [-0.15, -0.1) is 0 Å². The molecule has 1 aliphatic rings. The van der Waals surface area contributed by atoms with Gasteiger partial charge in [0, 0.05) is 20.9 Å². The van der Waals surface area contributed by atoms with E-state index in [9.17, 15) is 0 Å². The summed E-state index contributed by atoms with van der Waals surface area (Å²) in [6, 6.07) is 17.9. The molecule has 4 aromatic rings. The van der Waals surface area contributed by atoms with Gasteiger partial charge in [0.25, 0.3) is 0 Å². The van der Waals surface area contributed by atoms with Crippen LogP contribution in [-0.2, 0) is 0 Å². The molecule has 0 amide bonds. The lowest BCUT2D eigenvalue weighted by Crippen LogP contribution is -2.42. The van der Waals surface area contributed by atoms with Crippen molar-refractivity contribution in [2.75, 3.05) is 9.80 Å². The highest BCUT2D eigenvalue weighted by atomic mass is 16.3. The molecule has 3 nitrogen and oxygen atoms in total. The zero-order valence-corrected chi connectivity index (χ0v) is 16.7. The molecule has 0 radical (unpaired) electrons. The number of para-hydroxylation sites is 3. The van der Waals surface area contributed by atoms with Crippen LogP contribution in [0.3, 0.4) is 0 Å². The second-order valence-electron chi connectivity index (χ2n) is 7.74. The van der Waals surface area contributed by atoms with Crippen LogP contribution in [0.5, 0.6) is 0 Å². The summed E-state index contributed by atoms with van der Waals surface area (Å²) in [7, 11) is 0. The molecule has 3 heteroatoms. The molecule has 0 N–H and O–H groups in total. The Bertz CT molecular complexity index is 1310. The summed E-state index contributed by atoms with van der Waals surface area (Å²) in [5, 5.41) is 2.18. The van der Waals surface area contributed by atoms with E-state index in [1.807, 2.05) is 23.1 Å². The Morgan fingerprint density at radius 1 is 0.893 bits per heavy atom. The molecule has 0 fully saturated rings. The summed E-state index contributed by atoms with van der Waals surface area (Å²) in [5.74, 6) is 0. The molecule has 0 saturated carbocycles. The summed E-state index contributed by atoms with van der Waals surface area (Å²) in [5.41, 5.74) is 6.86. The second-order valence-corrected chi connectivity index (χ2v) is 7.74. The molecule has 0 aliphatic carbocycles. The van der Waals surface area contributed by atoms with Crippen LogP contribution in [0.4, 0.5) is 17.1 Å². The third-order valence-corrected chi connectivity index (χ3v) is 5.89. The molecule has 2 heterocycles. The Labute approximate surface area is 170 Å². The Balaban J connectivity index is 1.78. The third-order valence-electron chi connectivity index (χ3n) is 5.89. The van der Waals surface area contributed by atoms with Gasteiger partial charge in [0.05, 0.1) is 17.1 Å². The smallest absolute Gasteiger partial charge is 0.159 e. The summed E-state index contributed by atoms with van der Waals surface area (Å²) in [6.45, 7) is 5.90. The summed E-state index contributed by atoms with van der Waals surface area (Å²) in [6.07, 6.45) is -0.175. The molecule has 5 rings (SSSR count). The maximum Gasteiger partial charge on any atom is 0.159 e. The summed E-state index contributed by atoms with van der Waals surface area (Å²) >= 11 is 0. The van der Waals surface area contributed by atoms with Crippen molar-refractivity contribution in [1.29, 1.82) is 0 Å². The number of aryl methyl sites for hydroxylation is 2. The fourth-order valence-electron chi connectivity index (χ4n) is 4.64. The monoisotopic (exact) mass is 373 g/mol. The number of fused-ring (bicyclic) bond motifs is 4. The topological polar surface area (TPSA) is 19.6 Å².